The Morgan fingerprint density at radius 3 is 2.88 bits per heavy atom. The predicted octanol–water partition coefficient (Wildman–Crippen LogP) is 0.185. The van der Waals surface area contributed by atoms with Crippen molar-refractivity contribution in [3.8, 4) is 0 Å². The van der Waals surface area contributed by atoms with Crippen molar-refractivity contribution in [2.45, 2.75) is 50.7 Å². The van der Waals surface area contributed by atoms with Crippen LogP contribution >= 0.6 is 11.6 Å². The molecule has 3 aromatic heterocycles. The minimum atomic E-state index is -1.29. The average molecular weight is 466 g/mol. The molecule has 1 aliphatic rings. The zero-order valence-corrected chi connectivity index (χ0v) is 17.9. The van der Waals surface area contributed by atoms with E-state index in [2.05, 4.69) is 42.4 Å². The largest absolute Gasteiger partial charge is 0.394 e. The summed E-state index contributed by atoms with van der Waals surface area (Å²) in [6, 6.07) is 0. The first kappa shape index (κ1) is 22.4. The van der Waals surface area contributed by atoms with E-state index in [1.165, 1.54) is 17.1 Å². The third kappa shape index (κ3) is 4.25. The molecule has 1 aliphatic heterocycles. The maximum Gasteiger partial charge on any atom is 0.247 e. The van der Waals surface area contributed by atoms with E-state index in [1.807, 2.05) is 0 Å². The summed E-state index contributed by atoms with van der Waals surface area (Å²) in [7, 11) is 0. The molecule has 0 amide bonds. The number of hydrazone groups is 1. The van der Waals surface area contributed by atoms with Gasteiger partial charge in [0.15, 0.2) is 17.7 Å². The van der Waals surface area contributed by atoms with Gasteiger partial charge in [0.05, 0.1) is 19.1 Å². The number of nitrogens with two attached hydrogens (primary N) is 1. The fourth-order valence-corrected chi connectivity index (χ4v) is 3.60. The van der Waals surface area contributed by atoms with Crippen LogP contribution < -0.4 is 11.2 Å². The number of nitrogens with one attached hydrogen (secondary N) is 2. The normalized spacial score (nSPS) is 23.5. The molecule has 0 unspecified atom stereocenters. The summed E-state index contributed by atoms with van der Waals surface area (Å²) < 4.78 is 6.96. The van der Waals surface area contributed by atoms with E-state index < -0.39 is 31.1 Å². The molecule has 0 aromatic carbocycles. The molecule has 1 fully saturated rings. The number of rotatable bonds is 8. The Hall–Kier alpha value is -2.84. The number of anilines is 2. The van der Waals surface area contributed by atoms with Crippen molar-refractivity contribution in [2.24, 2.45) is 5.10 Å². The van der Waals surface area contributed by atoms with E-state index in [0.29, 0.717) is 10.8 Å². The quantitative estimate of drug-likeness (QED) is 0.197. The summed E-state index contributed by atoms with van der Waals surface area (Å²) >= 11 is 6.16. The van der Waals surface area contributed by atoms with Gasteiger partial charge in [-0.15, -0.1) is 0 Å². The molecule has 4 heterocycles. The van der Waals surface area contributed by atoms with Gasteiger partial charge in [0.2, 0.25) is 5.95 Å². The third-order valence-corrected chi connectivity index (χ3v) is 5.38. The van der Waals surface area contributed by atoms with Gasteiger partial charge in [-0.05, 0) is 6.42 Å². The van der Waals surface area contributed by atoms with Crippen LogP contribution in [0, 0.1) is 0 Å². The highest BCUT2D eigenvalue weighted by molar-refractivity contribution is 6.31. The van der Waals surface area contributed by atoms with E-state index in [-0.39, 0.29) is 22.9 Å². The van der Waals surface area contributed by atoms with Gasteiger partial charge in [-0.3, -0.25) is 4.57 Å². The maximum atomic E-state index is 10.3. The van der Waals surface area contributed by atoms with Crippen LogP contribution in [-0.4, -0.2) is 75.9 Å². The van der Waals surface area contributed by atoms with E-state index in [9.17, 15) is 15.3 Å². The Morgan fingerprint density at radius 1 is 1.34 bits per heavy atom. The van der Waals surface area contributed by atoms with E-state index in [1.54, 1.807) is 0 Å². The number of imidazole rings is 2. The van der Waals surface area contributed by atoms with Crippen LogP contribution in [0.25, 0.3) is 11.2 Å². The number of ether oxygens (including phenoxy) is 1. The van der Waals surface area contributed by atoms with Gasteiger partial charge in [-0.1, -0.05) is 24.9 Å². The highest BCUT2D eigenvalue weighted by atomic mass is 35.5. The second-order valence-electron chi connectivity index (χ2n) is 7.34. The number of aliphatic hydroxyl groups excluding tert-OH is 3. The topological polar surface area (TPSA) is 193 Å². The minimum absolute atomic E-state index is 0.0672. The van der Waals surface area contributed by atoms with Gasteiger partial charge in [0.25, 0.3) is 0 Å². The summed E-state index contributed by atoms with van der Waals surface area (Å²) in [5, 5.41) is 34.1. The highest BCUT2D eigenvalue weighted by Gasteiger charge is 2.44. The Kier molecular flexibility index (Phi) is 6.53. The standard InChI is InChI=1S/C18H24ClN9O4/c1-2-3-4-10-23-8(14(19)24-10)5-22-27-18-25-15(20)11-16(26-18)28(7-21-11)17-13(31)12(30)9(6-29)32-17/h5,7,9,12-13,17,29-31H,2-4,6H2,1H3,(H,23,24)(H3,20,25,26,27)/b22-5+/t9-,12-,13-,17-/m1/s1. The first-order chi connectivity index (χ1) is 15.4. The second-order valence-corrected chi connectivity index (χ2v) is 7.72. The van der Waals surface area contributed by atoms with Gasteiger partial charge >= 0.3 is 0 Å². The number of hydrogen-bond donors (Lipinski definition) is 6. The molecule has 0 aliphatic carbocycles. The van der Waals surface area contributed by atoms with Crippen LogP contribution in [0.4, 0.5) is 11.8 Å². The van der Waals surface area contributed by atoms with Gasteiger partial charge in [-0.2, -0.15) is 15.1 Å². The molecule has 0 spiro atoms. The first-order valence-electron chi connectivity index (χ1n) is 10.1. The van der Waals surface area contributed by atoms with Gasteiger partial charge in [0, 0.05) is 6.42 Å². The van der Waals surface area contributed by atoms with E-state index in [4.69, 9.17) is 22.1 Å². The number of aromatic amines is 1. The zero-order valence-electron chi connectivity index (χ0n) is 17.2. The van der Waals surface area contributed by atoms with Crippen molar-refractivity contribution < 1.29 is 20.1 Å². The lowest BCUT2D eigenvalue weighted by Crippen LogP contribution is -2.33. The summed E-state index contributed by atoms with van der Waals surface area (Å²) in [4.78, 5) is 20.0. The summed E-state index contributed by atoms with van der Waals surface area (Å²) in [5.74, 6) is 0.929. The molecule has 4 rings (SSSR count). The van der Waals surface area contributed by atoms with Crippen molar-refractivity contribution in [1.29, 1.82) is 0 Å². The molecule has 13 nitrogen and oxygen atoms in total. The first-order valence-corrected chi connectivity index (χ1v) is 10.5. The third-order valence-electron chi connectivity index (χ3n) is 5.09. The molecule has 0 bridgehead atoms. The van der Waals surface area contributed by atoms with Gasteiger partial charge < -0.3 is 30.8 Å². The summed E-state index contributed by atoms with van der Waals surface area (Å²) in [6.45, 7) is 1.65. The lowest BCUT2D eigenvalue weighted by atomic mass is 10.1. The molecule has 4 atom stereocenters. The van der Waals surface area contributed by atoms with Crippen molar-refractivity contribution in [3.05, 3.63) is 23.0 Å². The number of unbranched alkanes of at least 4 members (excludes halogenated alkanes) is 1. The van der Waals surface area contributed by atoms with Crippen LogP contribution in [0.2, 0.25) is 5.15 Å². The van der Waals surface area contributed by atoms with Gasteiger partial charge in [0.1, 0.15) is 40.5 Å². The fourth-order valence-electron chi connectivity index (χ4n) is 3.40. The Bertz CT molecular complexity index is 1120. The molecule has 172 valence electrons. The van der Waals surface area contributed by atoms with Crippen molar-refractivity contribution in [2.75, 3.05) is 17.8 Å². The van der Waals surface area contributed by atoms with Crippen molar-refractivity contribution >= 4 is 40.7 Å². The van der Waals surface area contributed by atoms with Crippen LogP contribution in [-0.2, 0) is 11.2 Å². The molecule has 32 heavy (non-hydrogen) atoms. The van der Waals surface area contributed by atoms with E-state index >= 15 is 0 Å². The number of fused-ring (bicyclic) bond motifs is 1. The number of aliphatic hydroxyl groups is 3. The number of nitrogens with zero attached hydrogens (tertiary/aromatic N) is 6. The molecule has 1 saturated heterocycles. The molecule has 0 saturated carbocycles. The van der Waals surface area contributed by atoms with Crippen LogP contribution in [0.15, 0.2) is 11.4 Å². The number of H-pyrrole nitrogens is 1. The molecule has 3 aromatic rings. The lowest BCUT2D eigenvalue weighted by molar-refractivity contribution is -0.0511. The molecule has 0 radical (unpaired) electrons. The minimum Gasteiger partial charge on any atom is -0.394 e. The summed E-state index contributed by atoms with van der Waals surface area (Å²) in [6.07, 6.45) is 1.13. The zero-order chi connectivity index (χ0) is 22.8. The predicted molar refractivity (Wildman–Crippen MR) is 116 cm³/mol. The van der Waals surface area contributed by atoms with Crippen LogP contribution in [0.1, 0.15) is 37.5 Å². The fraction of sp³-hybridized carbons (Fsp3) is 0.500. The molecular formula is C18H24ClN9O4. The number of nitrogen functional groups attached to an aromatic ring is 1. The molecule has 14 heteroatoms. The number of aryl methyl sites for hydroxylation is 1. The average Bonchev–Trinajstić information content (AvgIpc) is 3.43. The Labute approximate surface area is 187 Å². The molecular weight excluding hydrogens is 442 g/mol. The lowest BCUT2D eigenvalue weighted by Gasteiger charge is -2.16. The number of hydrogen-bond acceptors (Lipinski definition) is 11. The second kappa shape index (κ2) is 9.34. The van der Waals surface area contributed by atoms with Crippen molar-refractivity contribution in [3.63, 3.8) is 0 Å². The monoisotopic (exact) mass is 465 g/mol. The van der Waals surface area contributed by atoms with Crippen LogP contribution in [0.5, 0.6) is 0 Å². The SMILES string of the molecule is CCCCc1nc(/C=N/Nc2nc(N)c3ncn([C@@H]4O[C@H](CO)[C@@H](O)[C@H]4O)c3n2)c(Cl)[nH]1. The Morgan fingerprint density at radius 2 is 2.16 bits per heavy atom. The number of aromatic nitrogens is 6. The smallest absolute Gasteiger partial charge is 0.247 e. The maximum absolute atomic E-state index is 10.3. The highest BCUT2D eigenvalue weighted by Crippen LogP contribution is 2.32. The number of halogens is 1. The van der Waals surface area contributed by atoms with Crippen LogP contribution in [0.3, 0.4) is 0 Å². The van der Waals surface area contributed by atoms with Gasteiger partial charge in [-0.25, -0.2) is 15.4 Å². The van der Waals surface area contributed by atoms with E-state index in [0.717, 1.165) is 25.1 Å². The Balaban J connectivity index is 1.55. The molecule has 7 N–H and O–H groups in total. The summed E-state index contributed by atoms with van der Waals surface area (Å²) in [5.41, 5.74) is 9.67. The van der Waals surface area contributed by atoms with Crippen molar-refractivity contribution in [1.82, 2.24) is 29.5 Å².